The summed E-state index contributed by atoms with van der Waals surface area (Å²) >= 11 is 0. The van der Waals surface area contributed by atoms with Crippen LogP contribution < -0.4 is 5.90 Å². The normalized spacial score (nSPS) is 12.8. The second-order valence-corrected chi connectivity index (χ2v) is 1.53. The third-order valence-electron chi connectivity index (χ3n) is 0.823. The lowest BCUT2D eigenvalue weighted by atomic mass is 10.4. The zero-order chi connectivity index (χ0) is 7.28. The molecule has 0 saturated heterocycles. The van der Waals surface area contributed by atoms with E-state index in [1.807, 2.05) is 0 Å². The van der Waals surface area contributed by atoms with Gasteiger partial charge in [0.15, 0.2) is 6.10 Å². The topological polar surface area (TPSA) is 61.5 Å². The number of esters is 1. The van der Waals surface area contributed by atoms with E-state index in [4.69, 9.17) is 5.90 Å². The van der Waals surface area contributed by atoms with Crippen LogP contribution in [-0.4, -0.2) is 18.7 Å². The molecule has 0 amide bonds. The molecular weight excluding hydrogens is 122 g/mol. The Kier molecular flexibility index (Phi) is 4.00. The van der Waals surface area contributed by atoms with Crippen LogP contribution in [0.25, 0.3) is 0 Å². The number of nitrogens with two attached hydrogens (primary N) is 1. The second kappa shape index (κ2) is 4.29. The Morgan fingerprint density at radius 1 is 1.78 bits per heavy atom. The van der Waals surface area contributed by atoms with Gasteiger partial charge in [-0.15, -0.1) is 0 Å². The molecule has 0 aliphatic heterocycles. The molecule has 4 heteroatoms. The molecule has 0 aromatic heterocycles. The predicted molar refractivity (Wildman–Crippen MR) is 31.4 cm³/mol. The standard InChI is InChI=1S/C5H11NO3/c1-3-8-5(7)4(2)9-6/h4H,3,6H2,1-2H3/t4-/m0/s1. The van der Waals surface area contributed by atoms with Gasteiger partial charge in [0.25, 0.3) is 0 Å². The van der Waals surface area contributed by atoms with Crippen molar-refractivity contribution in [3.63, 3.8) is 0 Å². The van der Waals surface area contributed by atoms with E-state index in [2.05, 4.69) is 9.57 Å². The quantitative estimate of drug-likeness (QED) is 0.429. The van der Waals surface area contributed by atoms with E-state index in [0.29, 0.717) is 6.61 Å². The summed E-state index contributed by atoms with van der Waals surface area (Å²) in [5.41, 5.74) is 0. The van der Waals surface area contributed by atoms with Crippen molar-refractivity contribution in [2.24, 2.45) is 5.90 Å². The fraction of sp³-hybridized carbons (Fsp3) is 0.800. The maximum absolute atomic E-state index is 10.5. The molecule has 0 fully saturated rings. The SMILES string of the molecule is CCOC(=O)[C@H](C)ON. The summed E-state index contributed by atoms with van der Waals surface area (Å²) in [4.78, 5) is 14.7. The number of hydrogen-bond acceptors (Lipinski definition) is 4. The molecule has 2 N–H and O–H groups in total. The Balaban J connectivity index is 3.46. The zero-order valence-corrected chi connectivity index (χ0v) is 5.59. The lowest BCUT2D eigenvalue weighted by Gasteiger charge is -2.05. The monoisotopic (exact) mass is 133 g/mol. The summed E-state index contributed by atoms with van der Waals surface area (Å²) in [6.07, 6.45) is -0.662. The first-order valence-corrected chi connectivity index (χ1v) is 2.74. The molecular formula is C5H11NO3. The van der Waals surface area contributed by atoms with Crippen molar-refractivity contribution in [1.82, 2.24) is 0 Å². The number of ether oxygens (including phenoxy) is 1. The number of carbonyl (C=O) groups excluding carboxylic acids is 1. The Morgan fingerprint density at radius 2 is 2.33 bits per heavy atom. The van der Waals surface area contributed by atoms with Crippen LogP contribution in [-0.2, 0) is 14.4 Å². The number of hydrogen-bond donors (Lipinski definition) is 1. The average molecular weight is 133 g/mol. The molecule has 0 spiro atoms. The average Bonchev–Trinajstić information content (AvgIpc) is 1.87. The minimum Gasteiger partial charge on any atom is -0.464 e. The van der Waals surface area contributed by atoms with Gasteiger partial charge < -0.3 is 4.74 Å². The van der Waals surface area contributed by atoms with Crippen LogP contribution in [0, 0.1) is 0 Å². The maximum Gasteiger partial charge on any atom is 0.337 e. The molecule has 0 aromatic carbocycles. The van der Waals surface area contributed by atoms with Gasteiger partial charge in [0.1, 0.15) is 0 Å². The summed E-state index contributed by atoms with van der Waals surface area (Å²) in [6.45, 7) is 3.60. The molecule has 0 aliphatic carbocycles. The molecule has 0 aromatic rings. The van der Waals surface area contributed by atoms with Crippen LogP contribution >= 0.6 is 0 Å². The fourth-order valence-corrected chi connectivity index (χ4v) is 0.315. The van der Waals surface area contributed by atoms with Crippen LogP contribution in [0.4, 0.5) is 0 Å². The Hall–Kier alpha value is -0.610. The first-order valence-electron chi connectivity index (χ1n) is 2.74. The van der Waals surface area contributed by atoms with Gasteiger partial charge in [-0.2, -0.15) is 0 Å². The van der Waals surface area contributed by atoms with Crippen molar-refractivity contribution in [3.05, 3.63) is 0 Å². The number of carbonyl (C=O) groups is 1. The highest BCUT2D eigenvalue weighted by molar-refractivity contribution is 5.74. The highest BCUT2D eigenvalue weighted by atomic mass is 16.6. The third-order valence-corrected chi connectivity index (χ3v) is 0.823. The van der Waals surface area contributed by atoms with E-state index >= 15 is 0 Å². The summed E-state index contributed by atoms with van der Waals surface area (Å²) < 4.78 is 4.55. The zero-order valence-electron chi connectivity index (χ0n) is 5.59. The molecule has 0 saturated carbocycles. The molecule has 0 bridgehead atoms. The van der Waals surface area contributed by atoms with Crippen LogP contribution in [0.3, 0.4) is 0 Å². The summed E-state index contributed by atoms with van der Waals surface area (Å²) in [5.74, 6) is 4.27. The Morgan fingerprint density at radius 3 is 2.67 bits per heavy atom. The minimum absolute atomic E-state index is 0.354. The van der Waals surface area contributed by atoms with Crippen LogP contribution in [0.1, 0.15) is 13.8 Å². The van der Waals surface area contributed by atoms with E-state index in [-0.39, 0.29) is 0 Å². The first kappa shape index (κ1) is 8.39. The van der Waals surface area contributed by atoms with Crippen molar-refractivity contribution in [2.75, 3.05) is 6.61 Å². The minimum atomic E-state index is -0.662. The summed E-state index contributed by atoms with van der Waals surface area (Å²) in [7, 11) is 0. The van der Waals surface area contributed by atoms with E-state index < -0.39 is 12.1 Å². The maximum atomic E-state index is 10.5. The van der Waals surface area contributed by atoms with Gasteiger partial charge in [0.2, 0.25) is 0 Å². The summed E-state index contributed by atoms with van der Waals surface area (Å²) in [6, 6.07) is 0. The molecule has 0 rings (SSSR count). The van der Waals surface area contributed by atoms with Crippen molar-refractivity contribution in [1.29, 1.82) is 0 Å². The number of rotatable bonds is 3. The van der Waals surface area contributed by atoms with Gasteiger partial charge in [-0.05, 0) is 13.8 Å². The van der Waals surface area contributed by atoms with E-state index in [1.54, 1.807) is 6.92 Å². The van der Waals surface area contributed by atoms with Gasteiger partial charge in [0.05, 0.1) is 6.61 Å². The van der Waals surface area contributed by atoms with Gasteiger partial charge in [-0.3, -0.25) is 4.84 Å². The molecule has 54 valence electrons. The highest BCUT2D eigenvalue weighted by Crippen LogP contribution is 1.88. The van der Waals surface area contributed by atoms with Crippen LogP contribution in [0.2, 0.25) is 0 Å². The largest absolute Gasteiger partial charge is 0.464 e. The molecule has 0 heterocycles. The molecule has 0 radical (unpaired) electrons. The van der Waals surface area contributed by atoms with E-state index in [9.17, 15) is 4.79 Å². The van der Waals surface area contributed by atoms with Crippen LogP contribution in [0.15, 0.2) is 0 Å². The predicted octanol–water partition coefficient (Wildman–Crippen LogP) is -0.172. The molecule has 9 heavy (non-hydrogen) atoms. The Bertz CT molecular complexity index is 94.2. The van der Waals surface area contributed by atoms with Crippen molar-refractivity contribution < 1.29 is 14.4 Å². The van der Waals surface area contributed by atoms with Gasteiger partial charge in [-0.1, -0.05) is 0 Å². The smallest absolute Gasteiger partial charge is 0.337 e. The highest BCUT2D eigenvalue weighted by Gasteiger charge is 2.11. The van der Waals surface area contributed by atoms with Crippen molar-refractivity contribution >= 4 is 5.97 Å². The molecule has 0 unspecified atom stereocenters. The molecule has 1 atom stereocenters. The van der Waals surface area contributed by atoms with Crippen LogP contribution in [0.5, 0.6) is 0 Å². The van der Waals surface area contributed by atoms with Crippen molar-refractivity contribution in [3.8, 4) is 0 Å². The van der Waals surface area contributed by atoms with E-state index in [1.165, 1.54) is 6.92 Å². The van der Waals surface area contributed by atoms with Gasteiger partial charge in [0, 0.05) is 0 Å². The molecule has 4 nitrogen and oxygen atoms in total. The first-order chi connectivity index (χ1) is 4.22. The van der Waals surface area contributed by atoms with Gasteiger partial charge >= 0.3 is 5.97 Å². The Labute approximate surface area is 53.9 Å². The lowest BCUT2D eigenvalue weighted by molar-refractivity contribution is -0.155. The lowest BCUT2D eigenvalue weighted by Crippen LogP contribution is -2.25. The second-order valence-electron chi connectivity index (χ2n) is 1.53. The van der Waals surface area contributed by atoms with Crippen molar-refractivity contribution in [2.45, 2.75) is 20.0 Å². The molecule has 0 aliphatic rings. The third kappa shape index (κ3) is 3.05. The fourth-order valence-electron chi connectivity index (χ4n) is 0.315. The van der Waals surface area contributed by atoms with E-state index in [0.717, 1.165) is 0 Å². The summed E-state index contributed by atoms with van der Waals surface area (Å²) in [5, 5.41) is 0. The van der Waals surface area contributed by atoms with Gasteiger partial charge in [-0.25, -0.2) is 10.7 Å².